The fraction of sp³-hybridized carbons (Fsp3) is 0.761. The van der Waals surface area contributed by atoms with E-state index in [1.807, 2.05) is 0 Å². The van der Waals surface area contributed by atoms with Gasteiger partial charge in [-0.25, -0.2) is 4.79 Å². The molecule has 6 atom stereocenters. The lowest BCUT2D eigenvalue weighted by atomic mass is 9.98. The summed E-state index contributed by atoms with van der Waals surface area (Å²) in [5.41, 5.74) is 0. The van der Waals surface area contributed by atoms with Gasteiger partial charge in [0.05, 0.1) is 6.61 Å². The Morgan fingerprint density at radius 3 is 1.22 bits per heavy atom. The summed E-state index contributed by atoms with van der Waals surface area (Å²) in [7, 11) is 0. The lowest BCUT2D eigenvalue weighted by molar-refractivity contribution is -0.301. The first-order valence-electron chi connectivity index (χ1n) is 31.9. The Hall–Kier alpha value is -3.84. The van der Waals surface area contributed by atoms with Gasteiger partial charge in [0.1, 0.15) is 18.8 Å². The number of carboxylic acid groups (broad SMARTS) is 1. The highest BCUT2D eigenvalue weighted by molar-refractivity contribution is 5.74. The minimum atomic E-state index is -1.91. The largest absolute Gasteiger partial charge is 0.479 e. The molecule has 0 bridgehead atoms. The molecule has 0 aliphatic carbocycles. The Morgan fingerprint density at radius 1 is 0.430 bits per heavy atom. The van der Waals surface area contributed by atoms with Crippen molar-refractivity contribution in [2.45, 2.75) is 314 Å². The number of allylic oxidation sites excluding steroid dienone is 12. The number of rotatable bonds is 54. The first-order valence-corrected chi connectivity index (χ1v) is 31.9. The molecular formula is C67H114O12. The van der Waals surface area contributed by atoms with Crippen LogP contribution in [0.5, 0.6) is 0 Å². The van der Waals surface area contributed by atoms with Gasteiger partial charge < -0.3 is 39.0 Å². The molecule has 1 rings (SSSR count). The van der Waals surface area contributed by atoms with Crippen LogP contribution in [0.2, 0.25) is 0 Å². The molecule has 1 aliphatic rings. The van der Waals surface area contributed by atoms with Crippen LogP contribution < -0.4 is 0 Å². The molecule has 3 N–H and O–H groups in total. The highest BCUT2D eigenvalue weighted by atomic mass is 16.7. The van der Waals surface area contributed by atoms with E-state index in [1.165, 1.54) is 83.5 Å². The van der Waals surface area contributed by atoms with Gasteiger partial charge in [-0.2, -0.15) is 0 Å². The highest BCUT2D eigenvalue weighted by Crippen LogP contribution is 2.27. The second-order valence-corrected chi connectivity index (χ2v) is 21.6. The van der Waals surface area contributed by atoms with Crippen molar-refractivity contribution in [1.29, 1.82) is 0 Å². The third-order valence-electron chi connectivity index (χ3n) is 14.3. The van der Waals surface area contributed by atoms with Crippen molar-refractivity contribution in [2.75, 3.05) is 13.2 Å². The van der Waals surface area contributed by atoms with Crippen LogP contribution in [0.25, 0.3) is 0 Å². The zero-order valence-corrected chi connectivity index (χ0v) is 50.1. The van der Waals surface area contributed by atoms with Crippen LogP contribution in [-0.4, -0.2) is 89.2 Å². The van der Waals surface area contributed by atoms with Crippen LogP contribution in [0, 0.1) is 0 Å². The molecular weight excluding hydrogens is 997 g/mol. The molecule has 12 heteroatoms. The van der Waals surface area contributed by atoms with Crippen LogP contribution in [0.1, 0.15) is 278 Å². The van der Waals surface area contributed by atoms with Gasteiger partial charge in [-0.1, -0.05) is 248 Å². The summed E-state index contributed by atoms with van der Waals surface area (Å²) >= 11 is 0. The zero-order chi connectivity index (χ0) is 57.5. The topological polar surface area (TPSA) is 175 Å². The lowest BCUT2D eigenvalue weighted by Gasteiger charge is -2.40. The number of aliphatic hydroxyl groups is 2. The molecule has 6 unspecified atom stereocenters. The van der Waals surface area contributed by atoms with Gasteiger partial charge in [-0.05, 0) is 83.5 Å². The summed E-state index contributed by atoms with van der Waals surface area (Å²) in [5, 5.41) is 31.6. The minimum absolute atomic E-state index is 0.0594. The van der Waals surface area contributed by atoms with Crippen molar-refractivity contribution in [1.82, 2.24) is 0 Å². The van der Waals surface area contributed by atoms with Gasteiger partial charge >= 0.3 is 23.9 Å². The number of hydrogen-bond acceptors (Lipinski definition) is 11. The van der Waals surface area contributed by atoms with E-state index in [-0.39, 0.29) is 25.9 Å². The summed E-state index contributed by atoms with van der Waals surface area (Å²) < 4.78 is 28.5. The second kappa shape index (κ2) is 54.7. The molecule has 1 fully saturated rings. The lowest BCUT2D eigenvalue weighted by Crippen LogP contribution is -2.61. The number of carbonyl (C=O) groups excluding carboxylic acids is 3. The second-order valence-electron chi connectivity index (χ2n) is 21.6. The van der Waals surface area contributed by atoms with E-state index in [4.69, 9.17) is 23.7 Å². The van der Waals surface area contributed by atoms with Gasteiger partial charge in [0.2, 0.25) is 0 Å². The molecule has 454 valence electrons. The number of carboxylic acids is 1. The Bertz CT molecular complexity index is 1650. The van der Waals surface area contributed by atoms with E-state index in [1.54, 1.807) is 0 Å². The number of unbranched alkanes of at least 4 members (excludes halogenated alkanes) is 28. The number of aliphatic carboxylic acids is 1. The third kappa shape index (κ3) is 44.5. The molecule has 0 spiro atoms. The summed E-state index contributed by atoms with van der Waals surface area (Å²) in [6.07, 6.45) is 57.2. The molecule has 0 aromatic rings. The van der Waals surface area contributed by atoms with E-state index in [0.717, 1.165) is 135 Å². The normalized spacial score (nSPS) is 18.3. The first-order chi connectivity index (χ1) is 38.6. The average molecular weight is 1110 g/mol. The molecule has 1 heterocycles. The Labute approximate surface area is 480 Å². The standard InChI is InChI=1S/C67H114O12/c1-4-7-10-13-16-19-22-25-28-30-33-35-38-41-44-47-50-53-59(68)75-56-58(77-60(69)54-51-48-45-42-39-36-32-27-24-21-18-15-12-9-6-3)57-76-67-65(63(72)62(71)64(79-67)66(73)74)78-61(70)55-52-49-46-43-40-37-34-31-29-26-23-20-17-14-11-8-5-2/h7,9-10,12,16,18-19,21,25,27-28,32,58,62-65,67,71-72H,4-6,8,11,13-15,17,20,22-24,26,29-31,33-57H2,1-3H3,(H,73,74)/b10-7-,12-9-,19-16-,21-18-,28-25-,32-27-. The van der Waals surface area contributed by atoms with Gasteiger partial charge in [0.25, 0.3) is 0 Å². The predicted molar refractivity (Wildman–Crippen MR) is 322 cm³/mol. The highest BCUT2D eigenvalue weighted by Gasteiger charge is 2.50. The fourth-order valence-electron chi connectivity index (χ4n) is 9.46. The predicted octanol–water partition coefficient (Wildman–Crippen LogP) is 16.9. The molecule has 0 saturated carbocycles. The summed E-state index contributed by atoms with van der Waals surface area (Å²) in [6, 6.07) is 0. The van der Waals surface area contributed by atoms with Crippen LogP contribution in [0.4, 0.5) is 0 Å². The molecule has 1 saturated heterocycles. The van der Waals surface area contributed by atoms with Gasteiger partial charge in [-0.15, -0.1) is 0 Å². The van der Waals surface area contributed by atoms with Crippen LogP contribution in [0.15, 0.2) is 72.9 Å². The Kier molecular flexibility index (Phi) is 50.7. The van der Waals surface area contributed by atoms with Crippen LogP contribution in [-0.2, 0) is 42.9 Å². The quantitative estimate of drug-likeness (QED) is 0.0228. The Balaban J connectivity index is 2.67. The monoisotopic (exact) mass is 1110 g/mol. The van der Waals surface area contributed by atoms with E-state index < -0.39 is 67.3 Å². The molecule has 79 heavy (non-hydrogen) atoms. The van der Waals surface area contributed by atoms with Gasteiger partial charge in [0.15, 0.2) is 24.6 Å². The maximum Gasteiger partial charge on any atom is 0.335 e. The summed E-state index contributed by atoms with van der Waals surface area (Å²) in [6.45, 7) is 5.78. The minimum Gasteiger partial charge on any atom is -0.479 e. The maximum absolute atomic E-state index is 13.2. The number of carbonyl (C=O) groups is 4. The van der Waals surface area contributed by atoms with E-state index in [9.17, 15) is 34.5 Å². The zero-order valence-electron chi connectivity index (χ0n) is 50.1. The SMILES string of the molecule is CC/C=C\C/C=C\C/C=C\CCCCCCCCCC(=O)OCC(COC1OC(C(=O)O)C(O)C(O)C1OC(=O)CCCCCCCCCCCCCCCCCCC)OC(=O)CCCCCCC/C=C\C/C=C\C/C=C\CC. The number of ether oxygens (including phenoxy) is 5. The van der Waals surface area contributed by atoms with Gasteiger partial charge in [-0.3, -0.25) is 14.4 Å². The van der Waals surface area contributed by atoms with Crippen molar-refractivity contribution >= 4 is 23.9 Å². The molecule has 0 amide bonds. The van der Waals surface area contributed by atoms with Crippen molar-refractivity contribution in [2.24, 2.45) is 0 Å². The summed E-state index contributed by atoms with van der Waals surface area (Å²) in [5.74, 6) is -3.14. The van der Waals surface area contributed by atoms with Crippen molar-refractivity contribution in [3.63, 3.8) is 0 Å². The number of aliphatic hydroxyl groups excluding tert-OH is 2. The van der Waals surface area contributed by atoms with Crippen LogP contribution in [0.3, 0.4) is 0 Å². The summed E-state index contributed by atoms with van der Waals surface area (Å²) in [4.78, 5) is 51.3. The molecule has 0 aromatic carbocycles. The van der Waals surface area contributed by atoms with Crippen molar-refractivity contribution in [3.05, 3.63) is 72.9 Å². The fourth-order valence-corrected chi connectivity index (χ4v) is 9.46. The Morgan fingerprint density at radius 2 is 0.797 bits per heavy atom. The van der Waals surface area contributed by atoms with Crippen molar-refractivity contribution in [3.8, 4) is 0 Å². The number of hydrogen-bond donors (Lipinski definition) is 3. The smallest absolute Gasteiger partial charge is 0.335 e. The molecule has 0 radical (unpaired) electrons. The average Bonchev–Trinajstić information content (AvgIpc) is 3.47. The van der Waals surface area contributed by atoms with E-state index in [0.29, 0.717) is 19.3 Å². The van der Waals surface area contributed by atoms with Crippen LogP contribution >= 0.6 is 0 Å². The molecule has 12 nitrogen and oxygen atoms in total. The third-order valence-corrected chi connectivity index (χ3v) is 14.3. The number of esters is 3. The van der Waals surface area contributed by atoms with Gasteiger partial charge in [0, 0.05) is 19.3 Å². The first kappa shape index (κ1) is 73.2. The van der Waals surface area contributed by atoms with Crippen molar-refractivity contribution < 1.29 is 58.2 Å². The molecule has 0 aromatic heterocycles. The molecule has 1 aliphatic heterocycles. The maximum atomic E-state index is 13.2. The van der Waals surface area contributed by atoms with E-state index >= 15 is 0 Å². The van der Waals surface area contributed by atoms with E-state index in [2.05, 4.69) is 93.7 Å².